The predicted octanol–water partition coefficient (Wildman–Crippen LogP) is 33.0. The first-order chi connectivity index (χ1) is 64.5. The Labute approximate surface area is 750 Å². The molecule has 0 unspecified atom stereocenters. The van der Waals surface area contributed by atoms with E-state index >= 15 is 0 Å². The Bertz CT molecular complexity index is 8990. The maximum atomic E-state index is 5.40. The van der Waals surface area contributed by atoms with Crippen molar-refractivity contribution in [1.82, 2.24) is 29.1 Å². The van der Waals surface area contributed by atoms with Crippen molar-refractivity contribution >= 4 is 130 Å². The van der Waals surface area contributed by atoms with Gasteiger partial charge in [0.05, 0.1) is 66.9 Å². The van der Waals surface area contributed by atoms with E-state index in [1.54, 1.807) is 0 Å². The molecule has 0 radical (unpaired) electrons. The molecule has 0 fully saturated rings. The Morgan fingerprint density at radius 3 is 0.846 bits per heavy atom. The molecule has 26 rings (SSSR count). The molecular formula is C124H78N6. The molecule has 0 saturated heterocycles. The molecule has 6 heteroatoms. The maximum Gasteiger partial charge on any atom is 0.0979 e. The number of para-hydroxylation sites is 4. The molecule has 0 amide bonds. The Balaban J connectivity index is 0.000000140. The average Bonchev–Trinajstić information content (AvgIpc) is 1.55. The maximum absolute atomic E-state index is 5.40. The lowest BCUT2D eigenvalue weighted by Gasteiger charge is -2.15. The van der Waals surface area contributed by atoms with Gasteiger partial charge in [-0.15, -0.1) is 0 Å². The molecule has 22 aromatic carbocycles. The number of rotatable bonds is 12. The van der Waals surface area contributed by atoms with E-state index in [-0.39, 0.29) is 0 Å². The fourth-order valence-electron chi connectivity index (χ4n) is 20.2. The van der Waals surface area contributed by atoms with Crippen molar-refractivity contribution in [3.63, 3.8) is 0 Å². The number of aromatic nitrogens is 6. The second kappa shape index (κ2) is 31.4. The summed E-state index contributed by atoms with van der Waals surface area (Å²) in [6.45, 7) is 0. The van der Waals surface area contributed by atoms with Crippen LogP contribution < -0.4 is 0 Å². The topological polar surface area (TPSA) is 61.4 Å². The fourth-order valence-corrected chi connectivity index (χ4v) is 20.2. The van der Waals surface area contributed by atoms with Gasteiger partial charge in [0.2, 0.25) is 0 Å². The molecule has 6 nitrogen and oxygen atoms in total. The zero-order valence-electron chi connectivity index (χ0n) is 70.7. The summed E-state index contributed by atoms with van der Waals surface area (Å²) in [6, 6.07) is 170. The van der Waals surface area contributed by atoms with E-state index in [1.165, 1.54) is 137 Å². The Morgan fingerprint density at radius 2 is 0.431 bits per heavy atom. The summed E-state index contributed by atoms with van der Waals surface area (Å²) in [5, 5.41) is 19.6. The summed E-state index contributed by atoms with van der Waals surface area (Å²) < 4.78 is 4.95. The van der Waals surface area contributed by atoms with E-state index in [0.29, 0.717) is 0 Å². The van der Waals surface area contributed by atoms with Gasteiger partial charge in [-0.05, 0) is 210 Å². The van der Waals surface area contributed by atoms with Gasteiger partial charge in [-0.3, -0.25) is 0 Å². The summed E-state index contributed by atoms with van der Waals surface area (Å²) >= 11 is 0. The molecule has 0 aliphatic carbocycles. The number of hydrogen-bond donors (Lipinski definition) is 0. The van der Waals surface area contributed by atoms with E-state index in [9.17, 15) is 0 Å². The van der Waals surface area contributed by atoms with Crippen molar-refractivity contribution in [3.05, 3.63) is 473 Å². The highest BCUT2D eigenvalue weighted by Crippen LogP contribution is 2.49. The second-order valence-corrected chi connectivity index (χ2v) is 33.8. The van der Waals surface area contributed by atoms with E-state index in [4.69, 9.17) is 19.9 Å². The van der Waals surface area contributed by atoms with Crippen LogP contribution in [0.4, 0.5) is 0 Å². The van der Waals surface area contributed by atoms with Crippen LogP contribution in [0.2, 0.25) is 0 Å². The van der Waals surface area contributed by atoms with Crippen LogP contribution in [0.15, 0.2) is 473 Å². The molecule has 4 heterocycles. The van der Waals surface area contributed by atoms with Crippen molar-refractivity contribution in [3.8, 4) is 123 Å². The molecule has 0 N–H and O–H groups in total. The number of fused-ring (bicyclic) bond motifs is 18. The van der Waals surface area contributed by atoms with Crippen molar-refractivity contribution < 1.29 is 0 Å². The minimum Gasteiger partial charge on any atom is -0.309 e. The highest BCUT2D eigenvalue weighted by atomic mass is 15.0. The summed E-state index contributed by atoms with van der Waals surface area (Å²) in [5.74, 6) is 0. The van der Waals surface area contributed by atoms with Crippen molar-refractivity contribution in [2.45, 2.75) is 0 Å². The van der Waals surface area contributed by atoms with E-state index in [0.717, 1.165) is 117 Å². The van der Waals surface area contributed by atoms with Crippen LogP contribution in [0.1, 0.15) is 0 Å². The highest BCUT2D eigenvalue weighted by molar-refractivity contribution is 6.32. The molecule has 26 aromatic rings. The van der Waals surface area contributed by atoms with Crippen LogP contribution in [0, 0.1) is 0 Å². The SMILES string of the molecule is c1ccc(-c2ccc(-c3ccc(-c4nc5ccccc5nc4-c4cccc5cc(-n6c7ccc8ccccc8c7c7c8ccccc8c(-c8ccccc8)cc76)ccc45)cc3)cc2)cc1.c1ccc(-c2ccc(-c3cccc(-c4nc5ccccc5nc4-c4cccc5cc(-n6c7ccc8ccccc8c7c7c8ccccc8c(-c8ccccc8)cc76)ccc45)c3)cc2)cc1. The minimum atomic E-state index is 0.859. The van der Waals surface area contributed by atoms with Gasteiger partial charge in [0.15, 0.2) is 0 Å². The number of hydrogen-bond acceptors (Lipinski definition) is 4. The van der Waals surface area contributed by atoms with Crippen LogP contribution in [0.3, 0.4) is 0 Å². The monoisotopic (exact) mass is 1650 g/mol. The average molecular weight is 1650 g/mol. The molecule has 604 valence electrons. The summed E-state index contributed by atoms with van der Waals surface area (Å²) in [4.78, 5) is 21.5. The van der Waals surface area contributed by atoms with Gasteiger partial charge in [0.25, 0.3) is 0 Å². The quantitative estimate of drug-likeness (QED) is 0.122. The second-order valence-electron chi connectivity index (χ2n) is 33.8. The van der Waals surface area contributed by atoms with Crippen LogP contribution >= 0.6 is 0 Å². The smallest absolute Gasteiger partial charge is 0.0979 e. The largest absolute Gasteiger partial charge is 0.309 e. The number of benzene rings is 22. The van der Waals surface area contributed by atoms with Gasteiger partial charge >= 0.3 is 0 Å². The van der Waals surface area contributed by atoms with E-state index < -0.39 is 0 Å². The third-order valence-corrected chi connectivity index (χ3v) is 26.3. The van der Waals surface area contributed by atoms with Crippen molar-refractivity contribution in [2.75, 3.05) is 0 Å². The van der Waals surface area contributed by atoms with Gasteiger partial charge in [-0.1, -0.05) is 394 Å². The molecule has 0 aliphatic heterocycles. The first-order valence-electron chi connectivity index (χ1n) is 44.5. The molecular weight excluding hydrogens is 1570 g/mol. The summed E-state index contributed by atoms with van der Waals surface area (Å²) in [7, 11) is 0. The van der Waals surface area contributed by atoms with Crippen LogP contribution in [-0.2, 0) is 0 Å². The van der Waals surface area contributed by atoms with Gasteiger partial charge in [-0.2, -0.15) is 0 Å². The van der Waals surface area contributed by atoms with Crippen molar-refractivity contribution in [2.24, 2.45) is 0 Å². The minimum absolute atomic E-state index is 0.859. The first kappa shape index (κ1) is 75.2. The number of nitrogens with zero attached hydrogens (tertiary/aromatic N) is 6. The van der Waals surface area contributed by atoms with Gasteiger partial charge in [0, 0.05) is 55.2 Å². The molecule has 0 spiro atoms. The zero-order valence-corrected chi connectivity index (χ0v) is 70.7. The predicted molar refractivity (Wildman–Crippen MR) is 547 cm³/mol. The van der Waals surface area contributed by atoms with Gasteiger partial charge < -0.3 is 9.13 Å². The Morgan fingerprint density at radius 1 is 0.138 bits per heavy atom. The highest BCUT2D eigenvalue weighted by Gasteiger charge is 2.26. The lowest BCUT2D eigenvalue weighted by Crippen LogP contribution is -1.97. The summed E-state index contributed by atoms with van der Waals surface area (Å²) in [6.07, 6.45) is 0. The van der Waals surface area contributed by atoms with Crippen LogP contribution in [0.5, 0.6) is 0 Å². The normalized spacial score (nSPS) is 11.7. The molecule has 0 atom stereocenters. The summed E-state index contributed by atoms with van der Waals surface area (Å²) in [5.41, 5.74) is 32.3. The third kappa shape index (κ3) is 12.9. The molecule has 4 aromatic heterocycles. The lowest BCUT2D eigenvalue weighted by molar-refractivity contribution is 1.19. The lowest BCUT2D eigenvalue weighted by atomic mass is 9.94. The Hall–Kier alpha value is -17.3. The standard InChI is InChI=1S/2C62H39N3/c1-3-15-40(16-4-1)41-29-31-42(32-30-41)45-20-13-22-47(37-45)61-62(64-56-28-12-11-27-55(56)63-61)53-26-14-21-46-38-48(34-35-49(46)53)65-57-36-33-44-19-7-8-23-50(44)59(57)60-52-25-10-9-24-51(52)54(39-58(60)65)43-17-5-2-6-18-43;1-3-14-40(15-4-1)41-26-28-42(29-27-41)43-30-32-46(33-31-43)61-62(64-56-25-12-11-24-55(56)63-61)53-23-13-19-47-38-48(35-36-49(47)53)65-57-37-34-45-18-7-8-20-50(45)59(57)60-52-22-10-9-21-51(52)54(39-58(60)65)44-16-5-2-6-17-44/h2*1-39H. The molecule has 0 aliphatic rings. The van der Waals surface area contributed by atoms with Crippen molar-refractivity contribution in [1.29, 1.82) is 0 Å². The fraction of sp³-hybridized carbons (Fsp3) is 0. The van der Waals surface area contributed by atoms with Crippen LogP contribution in [-0.4, -0.2) is 29.1 Å². The zero-order chi connectivity index (χ0) is 85.7. The van der Waals surface area contributed by atoms with E-state index in [1.807, 2.05) is 24.3 Å². The Kier molecular flexibility index (Phi) is 18.2. The van der Waals surface area contributed by atoms with Crippen LogP contribution in [0.25, 0.3) is 253 Å². The van der Waals surface area contributed by atoms with E-state index in [2.05, 4.69) is 458 Å². The molecule has 0 bridgehead atoms. The molecule has 0 saturated carbocycles. The van der Waals surface area contributed by atoms with Gasteiger partial charge in [-0.25, -0.2) is 19.9 Å². The first-order valence-corrected chi connectivity index (χ1v) is 44.5. The molecule has 130 heavy (non-hydrogen) atoms. The van der Waals surface area contributed by atoms with Gasteiger partial charge in [0.1, 0.15) is 0 Å². The third-order valence-electron chi connectivity index (χ3n) is 26.3.